The molecule has 0 bridgehead atoms. The SMILES string of the molecule is COc1ccc(C)cc1CCNC(=O)C1CCCN(C(=O)c2cccs2)C1. The Balaban J connectivity index is 1.52. The molecule has 0 radical (unpaired) electrons. The largest absolute Gasteiger partial charge is 0.496 e. The molecule has 0 spiro atoms. The first kappa shape index (κ1) is 19.4. The van der Waals surface area contributed by atoms with E-state index in [-0.39, 0.29) is 17.7 Å². The first-order chi connectivity index (χ1) is 13.1. The van der Waals surface area contributed by atoms with Gasteiger partial charge in [0.05, 0.1) is 17.9 Å². The van der Waals surface area contributed by atoms with Crippen molar-refractivity contribution >= 4 is 23.2 Å². The number of aryl methyl sites for hydroxylation is 1. The number of nitrogens with one attached hydrogen (secondary N) is 1. The molecule has 0 aliphatic carbocycles. The molecule has 1 aliphatic heterocycles. The second kappa shape index (κ2) is 9.04. The number of amides is 2. The fraction of sp³-hybridized carbons (Fsp3) is 0.429. The lowest BCUT2D eigenvalue weighted by Crippen LogP contribution is -2.45. The zero-order chi connectivity index (χ0) is 19.2. The van der Waals surface area contributed by atoms with Crippen LogP contribution in [0.3, 0.4) is 0 Å². The second-order valence-corrected chi connectivity index (χ2v) is 7.87. The van der Waals surface area contributed by atoms with Crippen LogP contribution in [0.25, 0.3) is 0 Å². The molecule has 1 atom stereocenters. The third-order valence-electron chi connectivity index (χ3n) is 4.94. The predicted molar refractivity (Wildman–Crippen MR) is 107 cm³/mol. The Bertz CT molecular complexity index is 789. The maximum atomic E-state index is 12.6. The summed E-state index contributed by atoms with van der Waals surface area (Å²) in [5, 5.41) is 4.94. The van der Waals surface area contributed by atoms with Gasteiger partial charge >= 0.3 is 0 Å². The van der Waals surface area contributed by atoms with Crippen LogP contribution >= 0.6 is 11.3 Å². The zero-order valence-corrected chi connectivity index (χ0v) is 16.7. The Morgan fingerprint density at radius 1 is 1.33 bits per heavy atom. The highest BCUT2D eigenvalue weighted by molar-refractivity contribution is 7.12. The maximum Gasteiger partial charge on any atom is 0.263 e. The van der Waals surface area contributed by atoms with Gasteiger partial charge in [0.2, 0.25) is 5.91 Å². The van der Waals surface area contributed by atoms with Crippen LogP contribution in [0.1, 0.15) is 33.6 Å². The number of nitrogens with zero attached hydrogens (tertiary/aromatic N) is 1. The smallest absolute Gasteiger partial charge is 0.263 e. The first-order valence-electron chi connectivity index (χ1n) is 9.32. The van der Waals surface area contributed by atoms with Crippen LogP contribution in [0.2, 0.25) is 0 Å². The summed E-state index contributed by atoms with van der Waals surface area (Å²) in [7, 11) is 1.66. The molecule has 1 aromatic carbocycles. The number of methoxy groups -OCH3 is 1. The predicted octanol–water partition coefficient (Wildman–Crippen LogP) is 3.28. The normalized spacial score (nSPS) is 16.8. The minimum absolute atomic E-state index is 0.0327. The number of carbonyl (C=O) groups excluding carboxylic acids is 2. The summed E-state index contributed by atoms with van der Waals surface area (Å²) in [5.41, 5.74) is 2.27. The molecule has 1 aromatic heterocycles. The van der Waals surface area contributed by atoms with Crippen LogP contribution in [0, 0.1) is 12.8 Å². The Morgan fingerprint density at radius 3 is 2.93 bits per heavy atom. The highest BCUT2D eigenvalue weighted by Gasteiger charge is 2.29. The van der Waals surface area contributed by atoms with Crippen molar-refractivity contribution in [3.05, 3.63) is 51.7 Å². The van der Waals surface area contributed by atoms with E-state index in [0.29, 0.717) is 13.1 Å². The van der Waals surface area contributed by atoms with Gasteiger partial charge in [-0.2, -0.15) is 0 Å². The number of thiophene rings is 1. The van der Waals surface area contributed by atoms with Crippen LogP contribution < -0.4 is 10.1 Å². The Kier molecular flexibility index (Phi) is 6.50. The maximum absolute atomic E-state index is 12.6. The van der Waals surface area contributed by atoms with E-state index in [2.05, 4.69) is 11.4 Å². The van der Waals surface area contributed by atoms with Crippen LogP contribution in [0.5, 0.6) is 5.75 Å². The monoisotopic (exact) mass is 386 g/mol. The molecule has 27 heavy (non-hydrogen) atoms. The van der Waals surface area contributed by atoms with Crippen LogP contribution in [0.15, 0.2) is 35.7 Å². The third kappa shape index (κ3) is 4.89. The minimum Gasteiger partial charge on any atom is -0.496 e. The van der Waals surface area contributed by atoms with E-state index < -0.39 is 0 Å². The molecule has 6 heteroatoms. The highest BCUT2D eigenvalue weighted by atomic mass is 32.1. The van der Waals surface area contributed by atoms with Crippen LogP contribution in [0.4, 0.5) is 0 Å². The van der Waals surface area contributed by atoms with E-state index >= 15 is 0 Å². The van der Waals surface area contributed by atoms with Crippen LogP contribution in [-0.2, 0) is 11.2 Å². The molecule has 5 nitrogen and oxygen atoms in total. The third-order valence-corrected chi connectivity index (χ3v) is 5.80. The van der Waals surface area contributed by atoms with E-state index in [0.717, 1.165) is 42.0 Å². The Labute approximate surface area is 164 Å². The molecule has 2 aromatic rings. The van der Waals surface area contributed by atoms with Crippen molar-refractivity contribution in [1.82, 2.24) is 10.2 Å². The molecule has 3 rings (SSSR count). The number of hydrogen-bond acceptors (Lipinski definition) is 4. The summed E-state index contributed by atoms with van der Waals surface area (Å²) < 4.78 is 5.39. The number of ether oxygens (including phenoxy) is 1. The van der Waals surface area contributed by atoms with E-state index in [1.54, 1.807) is 7.11 Å². The van der Waals surface area contributed by atoms with E-state index in [1.165, 1.54) is 16.9 Å². The number of hydrogen-bond donors (Lipinski definition) is 1. The summed E-state index contributed by atoms with van der Waals surface area (Å²) in [5.74, 6) is 0.777. The van der Waals surface area contributed by atoms with Crippen molar-refractivity contribution in [2.45, 2.75) is 26.2 Å². The van der Waals surface area contributed by atoms with E-state index in [1.807, 2.05) is 41.5 Å². The van der Waals surface area contributed by atoms with Gasteiger partial charge in [0, 0.05) is 19.6 Å². The van der Waals surface area contributed by atoms with Gasteiger partial charge in [-0.3, -0.25) is 9.59 Å². The molecule has 1 unspecified atom stereocenters. The Hall–Kier alpha value is -2.34. The van der Waals surface area contributed by atoms with Crippen LogP contribution in [-0.4, -0.2) is 43.5 Å². The molecule has 1 aliphatic rings. The molecule has 2 heterocycles. The van der Waals surface area contributed by atoms with Gasteiger partial charge in [-0.25, -0.2) is 0 Å². The molecule has 144 valence electrons. The standard InChI is InChI=1S/C21H26N2O3S/c1-15-7-8-18(26-2)16(13-15)9-10-22-20(24)17-5-3-11-23(14-17)21(25)19-6-4-12-27-19/h4,6-8,12-13,17H,3,5,9-11,14H2,1-2H3,(H,22,24). The first-order valence-corrected chi connectivity index (χ1v) is 10.2. The molecular weight excluding hydrogens is 360 g/mol. The number of carbonyl (C=O) groups is 2. The van der Waals surface area contributed by atoms with Gasteiger partial charge in [-0.15, -0.1) is 11.3 Å². The summed E-state index contributed by atoms with van der Waals surface area (Å²) >= 11 is 1.45. The highest BCUT2D eigenvalue weighted by Crippen LogP contribution is 2.22. The summed E-state index contributed by atoms with van der Waals surface area (Å²) in [6.07, 6.45) is 2.41. The lowest BCUT2D eigenvalue weighted by atomic mass is 9.97. The zero-order valence-electron chi connectivity index (χ0n) is 15.9. The number of piperidine rings is 1. The Morgan fingerprint density at radius 2 is 2.19 bits per heavy atom. The van der Waals surface area contributed by atoms with Crippen molar-refractivity contribution in [2.24, 2.45) is 5.92 Å². The summed E-state index contributed by atoms with van der Waals surface area (Å²) in [6, 6.07) is 9.79. The number of likely N-dealkylation sites (tertiary alicyclic amines) is 1. The van der Waals surface area contributed by atoms with E-state index in [4.69, 9.17) is 4.74 Å². The molecule has 1 N–H and O–H groups in total. The van der Waals surface area contributed by atoms with Crippen molar-refractivity contribution in [3.63, 3.8) is 0 Å². The average Bonchev–Trinajstić information content (AvgIpc) is 3.22. The summed E-state index contributed by atoms with van der Waals surface area (Å²) in [4.78, 5) is 27.7. The minimum atomic E-state index is -0.137. The lowest BCUT2D eigenvalue weighted by Gasteiger charge is -2.31. The van der Waals surface area contributed by atoms with Gasteiger partial charge in [0.25, 0.3) is 5.91 Å². The summed E-state index contributed by atoms with van der Waals surface area (Å²) in [6.45, 7) is 3.83. The topological polar surface area (TPSA) is 58.6 Å². The van der Waals surface area contributed by atoms with Gasteiger partial charge in [0.15, 0.2) is 0 Å². The fourth-order valence-electron chi connectivity index (χ4n) is 3.50. The van der Waals surface area contributed by atoms with Crippen molar-refractivity contribution < 1.29 is 14.3 Å². The quantitative estimate of drug-likeness (QED) is 0.829. The number of rotatable bonds is 6. The molecule has 2 amide bonds. The van der Waals surface area contributed by atoms with Gasteiger partial charge in [-0.05, 0) is 49.3 Å². The lowest BCUT2D eigenvalue weighted by molar-refractivity contribution is -0.126. The van der Waals surface area contributed by atoms with Crippen molar-refractivity contribution in [2.75, 3.05) is 26.7 Å². The van der Waals surface area contributed by atoms with Crippen molar-refractivity contribution in [1.29, 1.82) is 0 Å². The molecule has 1 fully saturated rings. The molecule has 0 saturated carbocycles. The molecule has 1 saturated heterocycles. The van der Waals surface area contributed by atoms with Gasteiger partial charge < -0.3 is 15.0 Å². The molecular formula is C21H26N2O3S. The van der Waals surface area contributed by atoms with Crippen molar-refractivity contribution in [3.8, 4) is 5.75 Å². The van der Waals surface area contributed by atoms with Gasteiger partial charge in [-0.1, -0.05) is 23.8 Å². The number of benzene rings is 1. The average molecular weight is 387 g/mol. The fourth-order valence-corrected chi connectivity index (χ4v) is 4.19. The van der Waals surface area contributed by atoms with E-state index in [9.17, 15) is 9.59 Å². The second-order valence-electron chi connectivity index (χ2n) is 6.92. The van der Waals surface area contributed by atoms with Gasteiger partial charge in [0.1, 0.15) is 5.75 Å².